The zero-order valence-electron chi connectivity index (χ0n) is 20.5. The number of halogens is 4. The molecule has 8 rings (SSSR count). The van der Waals surface area contributed by atoms with Crippen molar-refractivity contribution in [2.75, 3.05) is 0 Å². The van der Waals surface area contributed by atoms with E-state index in [9.17, 15) is 8.42 Å². The maximum absolute atomic E-state index is 14.0. The van der Waals surface area contributed by atoms with Crippen LogP contribution in [0.4, 0.5) is 0 Å². The van der Waals surface area contributed by atoms with Crippen molar-refractivity contribution in [1.29, 1.82) is 0 Å². The van der Waals surface area contributed by atoms with Crippen molar-refractivity contribution in [2.24, 2.45) is 0 Å². The van der Waals surface area contributed by atoms with Crippen molar-refractivity contribution >= 4 is 157 Å². The van der Waals surface area contributed by atoms with E-state index in [1.54, 1.807) is 11.3 Å². The van der Waals surface area contributed by atoms with E-state index in [-0.39, 0.29) is 0 Å². The number of aryl methyl sites for hydroxylation is 2. The highest BCUT2D eigenvalue weighted by atomic mass is 79.9. The summed E-state index contributed by atoms with van der Waals surface area (Å²) in [4.78, 5) is 3.31. The Morgan fingerprint density at radius 2 is 1.43 bits per heavy atom. The van der Waals surface area contributed by atoms with Gasteiger partial charge in [-0.2, -0.15) is 0 Å². The van der Waals surface area contributed by atoms with Crippen molar-refractivity contribution in [3.05, 3.63) is 82.4 Å². The molecule has 200 valence electrons. The van der Waals surface area contributed by atoms with Crippen LogP contribution in [0.5, 0.6) is 0 Å². The lowest BCUT2D eigenvalue weighted by Gasteiger charge is -2.05. The second kappa shape index (κ2) is 8.98. The molecule has 0 saturated heterocycles. The Morgan fingerprint density at radius 3 is 2.12 bits per heavy atom. The fraction of sp³-hybridized carbons (Fsp3) is 0.103. The molecular weight excluding hydrogens is 844 g/mol. The number of fused-ring (bicyclic) bond motifs is 7. The molecule has 6 aromatic rings. The minimum absolute atomic E-state index is 0.291. The molecule has 0 unspecified atom stereocenters. The quantitative estimate of drug-likeness (QED) is 0.174. The van der Waals surface area contributed by atoms with Gasteiger partial charge in [-0.15, -0.1) is 34.0 Å². The predicted octanol–water partition coefficient (Wildman–Crippen LogP) is 11.9. The van der Waals surface area contributed by atoms with Crippen LogP contribution in [0.2, 0.25) is 0 Å². The molecule has 1 aliphatic carbocycles. The first-order chi connectivity index (χ1) is 19.1. The number of benzene rings is 2. The highest BCUT2D eigenvalue weighted by Crippen LogP contribution is 2.58. The molecule has 0 N–H and O–H groups in total. The Morgan fingerprint density at radius 1 is 0.775 bits per heavy atom. The van der Waals surface area contributed by atoms with E-state index in [0.29, 0.717) is 29.2 Å². The van der Waals surface area contributed by atoms with Crippen molar-refractivity contribution < 1.29 is 12.8 Å². The van der Waals surface area contributed by atoms with E-state index in [1.807, 2.05) is 25.1 Å². The molecule has 0 saturated carbocycles. The number of sulfone groups is 1. The Labute approximate surface area is 275 Å². The number of rotatable bonds is 2. The molecule has 0 fully saturated rings. The van der Waals surface area contributed by atoms with Crippen molar-refractivity contribution in [1.82, 2.24) is 0 Å². The first kappa shape index (κ1) is 26.6. The van der Waals surface area contributed by atoms with E-state index in [2.05, 4.69) is 88.8 Å². The summed E-state index contributed by atoms with van der Waals surface area (Å²) in [5.41, 5.74) is 5.32. The van der Waals surface area contributed by atoms with Crippen molar-refractivity contribution in [2.45, 2.75) is 25.2 Å². The van der Waals surface area contributed by atoms with Gasteiger partial charge in [0.15, 0.2) is 5.58 Å². The molecule has 3 nitrogen and oxygen atoms in total. The second-order valence-electron chi connectivity index (χ2n) is 9.93. The molecule has 1 aliphatic heterocycles. The fourth-order valence-electron chi connectivity index (χ4n) is 5.55. The molecule has 5 heterocycles. The van der Waals surface area contributed by atoms with Gasteiger partial charge in [0.05, 0.1) is 32.8 Å². The first-order valence-corrected chi connectivity index (χ1v) is 19.2. The molecule has 4 aromatic heterocycles. The largest absolute Gasteiger partial charge is 0.453 e. The smallest absolute Gasteiger partial charge is 0.211 e. The van der Waals surface area contributed by atoms with Gasteiger partial charge < -0.3 is 4.42 Å². The number of allylic oxidation sites excluding steroid dienone is 1. The van der Waals surface area contributed by atoms with Gasteiger partial charge >= 0.3 is 0 Å². The summed E-state index contributed by atoms with van der Waals surface area (Å²) in [6, 6.07) is 12.6. The van der Waals surface area contributed by atoms with Crippen LogP contribution in [0.1, 0.15) is 37.1 Å². The molecule has 0 amide bonds. The second-order valence-corrected chi connectivity index (χ2v) is 18.1. The van der Waals surface area contributed by atoms with Crippen LogP contribution in [0.3, 0.4) is 0 Å². The van der Waals surface area contributed by atoms with E-state index >= 15 is 0 Å². The summed E-state index contributed by atoms with van der Waals surface area (Å²) in [6.45, 7) is 4.10. The Kier molecular flexibility index (Phi) is 5.97. The zero-order chi connectivity index (χ0) is 27.8. The Bertz CT molecular complexity index is 2330. The third-order valence-corrected chi connectivity index (χ3v) is 17.7. The van der Waals surface area contributed by atoms with E-state index in [1.165, 1.54) is 48.8 Å². The highest BCUT2D eigenvalue weighted by Gasteiger charge is 2.42. The Balaban J connectivity index is 1.26. The molecule has 40 heavy (non-hydrogen) atoms. The van der Waals surface area contributed by atoms with Gasteiger partial charge in [0, 0.05) is 36.1 Å². The molecule has 11 heteroatoms. The topological polar surface area (TPSA) is 47.3 Å². The van der Waals surface area contributed by atoms with Crippen molar-refractivity contribution in [3.63, 3.8) is 0 Å². The average molecular weight is 858 g/mol. The van der Waals surface area contributed by atoms with Crippen LogP contribution in [0.25, 0.3) is 49.9 Å². The number of thiophene rings is 3. The zero-order valence-corrected chi connectivity index (χ0v) is 30.2. The maximum atomic E-state index is 14.0. The number of hydrogen-bond donors (Lipinski definition) is 0. The lowest BCUT2D eigenvalue weighted by molar-refractivity contribution is 0.595. The minimum Gasteiger partial charge on any atom is -0.453 e. The molecule has 0 spiro atoms. The molecule has 2 aromatic carbocycles. The summed E-state index contributed by atoms with van der Waals surface area (Å²) < 4.78 is 40.8. The summed E-state index contributed by atoms with van der Waals surface area (Å²) >= 11 is 19.8. The van der Waals surface area contributed by atoms with Gasteiger partial charge in [-0.3, -0.25) is 0 Å². The molecule has 0 atom stereocenters. The molecular formula is C29H14Br4O3S4. The van der Waals surface area contributed by atoms with E-state index < -0.39 is 9.84 Å². The number of furan rings is 1. The maximum Gasteiger partial charge on any atom is 0.211 e. The molecule has 0 bridgehead atoms. The van der Waals surface area contributed by atoms with Gasteiger partial charge in [-0.05, 0) is 107 Å². The first-order valence-electron chi connectivity index (χ1n) is 12.1. The van der Waals surface area contributed by atoms with Crippen LogP contribution in [-0.2, 0) is 16.3 Å². The standard InChI is InChI=1S/C29H14Br4O3S4/c1-10-3-5-16-12(7-10)13-9-15(18(30)24(13)37-16)22-19(31)25-23(36-22)20(32)26(39-25)29-21(33)27-28(40(29,34)35)14-8-11(2)4-6-17(14)38-27/h3-8H,9H2,1-2H3. The van der Waals surface area contributed by atoms with Crippen LogP contribution in [0.15, 0.2) is 54.7 Å². The summed E-state index contributed by atoms with van der Waals surface area (Å²) in [5.74, 6) is 0.771. The monoisotopic (exact) mass is 854 g/mol. The van der Waals surface area contributed by atoms with Crippen molar-refractivity contribution in [3.8, 4) is 0 Å². The van der Waals surface area contributed by atoms with Crippen LogP contribution in [0, 0.1) is 13.8 Å². The van der Waals surface area contributed by atoms with Gasteiger partial charge in [0.1, 0.15) is 10.7 Å². The Hall–Kier alpha value is -1.05. The minimum atomic E-state index is -3.75. The van der Waals surface area contributed by atoms with Gasteiger partial charge in [0.2, 0.25) is 9.84 Å². The number of hydrogen-bond acceptors (Lipinski definition) is 6. The predicted molar refractivity (Wildman–Crippen MR) is 185 cm³/mol. The lowest BCUT2D eigenvalue weighted by Crippen LogP contribution is -1.99. The summed E-state index contributed by atoms with van der Waals surface area (Å²) in [6.07, 6.45) is 0.765. The normalized spacial score (nSPS) is 16.4. The van der Waals surface area contributed by atoms with E-state index in [0.717, 1.165) is 51.9 Å². The lowest BCUT2D eigenvalue weighted by atomic mass is 10.1. The van der Waals surface area contributed by atoms with Crippen LogP contribution >= 0.6 is 97.7 Å². The third kappa shape index (κ3) is 3.49. The van der Waals surface area contributed by atoms with Crippen LogP contribution in [-0.4, -0.2) is 8.42 Å². The van der Waals surface area contributed by atoms with Gasteiger partial charge in [0.25, 0.3) is 0 Å². The SMILES string of the molecule is Cc1ccc2sc3c(c2c1)CC(c1oc2c(Br)c(C4=C(Br)c5sc6ccc(C)cc6c5S4(=O)=O)sc2c1Br)=C3Br. The average Bonchev–Trinajstić information content (AvgIpc) is 3.70. The fourth-order valence-corrected chi connectivity index (χ4v) is 15.5. The molecule has 2 aliphatic rings. The van der Waals surface area contributed by atoms with E-state index in [4.69, 9.17) is 4.42 Å². The van der Waals surface area contributed by atoms with Gasteiger partial charge in [-0.1, -0.05) is 29.3 Å². The summed E-state index contributed by atoms with van der Waals surface area (Å²) in [5, 5.41) is 2.07. The van der Waals surface area contributed by atoms with Gasteiger partial charge in [-0.25, -0.2) is 8.42 Å². The molecule has 0 radical (unpaired) electrons. The third-order valence-electron chi connectivity index (χ3n) is 7.39. The highest BCUT2D eigenvalue weighted by molar-refractivity contribution is 9.15. The van der Waals surface area contributed by atoms with Crippen LogP contribution < -0.4 is 0 Å². The summed E-state index contributed by atoms with van der Waals surface area (Å²) in [7, 11) is -3.75.